The first kappa shape index (κ1) is 18.0. The molecule has 0 bridgehead atoms. The van der Waals surface area contributed by atoms with Gasteiger partial charge in [-0.1, -0.05) is 37.0 Å². The van der Waals surface area contributed by atoms with Gasteiger partial charge in [0.1, 0.15) is 14.1 Å². The van der Waals surface area contributed by atoms with Gasteiger partial charge in [-0.2, -0.15) is 0 Å². The summed E-state index contributed by atoms with van der Waals surface area (Å²) in [4.78, 5) is 4.18. The molecule has 22 heavy (non-hydrogen) atoms. The molecular formula is C12H14Cl2N2O3S3. The van der Waals surface area contributed by atoms with E-state index in [-0.39, 0.29) is 18.7 Å². The van der Waals surface area contributed by atoms with Crippen molar-refractivity contribution in [3.63, 3.8) is 0 Å². The molecule has 0 aliphatic rings. The fraction of sp³-hybridized carbons (Fsp3) is 0.417. The lowest BCUT2D eigenvalue weighted by Crippen LogP contribution is -2.24. The number of aliphatic hydroxyl groups is 1. The van der Waals surface area contributed by atoms with E-state index in [4.69, 9.17) is 23.2 Å². The molecule has 0 aliphatic carbocycles. The molecule has 0 aromatic carbocycles. The molecule has 10 heteroatoms. The Morgan fingerprint density at radius 2 is 2.00 bits per heavy atom. The van der Waals surface area contributed by atoms with Crippen LogP contribution in [0.4, 0.5) is 5.13 Å². The van der Waals surface area contributed by atoms with E-state index in [9.17, 15) is 13.5 Å². The molecule has 0 fully saturated rings. The van der Waals surface area contributed by atoms with Crippen molar-refractivity contribution < 1.29 is 13.5 Å². The summed E-state index contributed by atoms with van der Waals surface area (Å²) < 4.78 is 27.1. The van der Waals surface area contributed by atoms with Gasteiger partial charge in [0.2, 0.25) is 0 Å². The SMILES string of the molecule is CCC(O)(CC)c1csc(NS(=O)(=O)c2cc(Cl)c(Cl)s2)n1. The van der Waals surface area contributed by atoms with E-state index in [1.807, 2.05) is 13.8 Å². The van der Waals surface area contributed by atoms with Crippen molar-refractivity contribution in [1.82, 2.24) is 4.98 Å². The number of nitrogens with one attached hydrogen (secondary N) is 1. The van der Waals surface area contributed by atoms with Gasteiger partial charge in [-0.25, -0.2) is 13.4 Å². The Bertz CT molecular complexity index is 747. The molecule has 0 aliphatic heterocycles. The maximum absolute atomic E-state index is 12.3. The number of halogens is 2. The molecule has 0 saturated carbocycles. The number of hydrogen-bond acceptors (Lipinski definition) is 6. The van der Waals surface area contributed by atoms with Crippen LogP contribution in [0.1, 0.15) is 32.4 Å². The van der Waals surface area contributed by atoms with Gasteiger partial charge in [0.05, 0.1) is 10.7 Å². The molecule has 2 aromatic heterocycles. The van der Waals surface area contributed by atoms with Gasteiger partial charge >= 0.3 is 0 Å². The Kier molecular flexibility index (Phi) is 5.41. The van der Waals surface area contributed by atoms with Gasteiger partial charge in [0.15, 0.2) is 5.13 Å². The first-order chi connectivity index (χ1) is 10.2. The molecule has 0 saturated heterocycles. The van der Waals surface area contributed by atoms with Crippen LogP contribution >= 0.6 is 45.9 Å². The minimum atomic E-state index is -3.79. The van der Waals surface area contributed by atoms with Crippen LogP contribution in [0.15, 0.2) is 15.7 Å². The molecule has 0 atom stereocenters. The van der Waals surface area contributed by atoms with E-state index >= 15 is 0 Å². The number of aromatic nitrogens is 1. The standard InChI is InChI=1S/C12H14Cl2N2O3S3/c1-3-12(17,4-2)8-6-20-11(15-8)16-22(18,19)9-5-7(13)10(14)21-9/h5-6,17H,3-4H2,1-2H3,(H,15,16). The van der Waals surface area contributed by atoms with Crippen LogP contribution in [0.25, 0.3) is 0 Å². The summed E-state index contributed by atoms with van der Waals surface area (Å²) in [5, 5.41) is 12.4. The summed E-state index contributed by atoms with van der Waals surface area (Å²) >= 11 is 13.6. The Morgan fingerprint density at radius 1 is 1.36 bits per heavy atom. The topological polar surface area (TPSA) is 79.3 Å². The van der Waals surface area contributed by atoms with Crippen molar-refractivity contribution in [2.45, 2.75) is 36.5 Å². The first-order valence-corrected chi connectivity index (χ1v) is 10.3. The average Bonchev–Trinajstić information content (AvgIpc) is 3.06. The zero-order valence-corrected chi connectivity index (χ0v) is 15.7. The average molecular weight is 401 g/mol. The van der Waals surface area contributed by atoms with Crippen LogP contribution in [0, 0.1) is 0 Å². The van der Waals surface area contributed by atoms with Crippen molar-refractivity contribution in [3.05, 3.63) is 26.5 Å². The van der Waals surface area contributed by atoms with E-state index in [1.54, 1.807) is 5.38 Å². The Labute approximate surface area is 147 Å². The maximum atomic E-state index is 12.3. The zero-order valence-electron chi connectivity index (χ0n) is 11.8. The number of rotatable bonds is 6. The summed E-state index contributed by atoms with van der Waals surface area (Å²) in [6, 6.07) is 1.29. The number of thiazole rings is 1. The minimum absolute atomic E-state index is 0.0143. The molecule has 2 heterocycles. The molecule has 2 aromatic rings. The van der Waals surface area contributed by atoms with Crippen LogP contribution in [-0.4, -0.2) is 18.5 Å². The van der Waals surface area contributed by atoms with Crippen molar-refractivity contribution in [3.8, 4) is 0 Å². The number of anilines is 1. The van der Waals surface area contributed by atoms with Crippen molar-refractivity contribution in [2.75, 3.05) is 4.72 Å². The Balaban J connectivity index is 2.26. The molecule has 0 unspecified atom stereocenters. The third-order valence-electron chi connectivity index (χ3n) is 3.26. The van der Waals surface area contributed by atoms with Gasteiger partial charge in [-0.15, -0.1) is 22.7 Å². The van der Waals surface area contributed by atoms with Crippen LogP contribution in [0.3, 0.4) is 0 Å². The van der Waals surface area contributed by atoms with Crippen molar-refractivity contribution in [1.29, 1.82) is 0 Å². The van der Waals surface area contributed by atoms with Crippen LogP contribution < -0.4 is 4.72 Å². The lowest BCUT2D eigenvalue weighted by atomic mass is 9.94. The molecule has 0 spiro atoms. The third kappa shape index (κ3) is 3.58. The smallest absolute Gasteiger partial charge is 0.273 e. The van der Waals surface area contributed by atoms with Crippen LogP contribution in [0.5, 0.6) is 0 Å². The third-order valence-corrected chi connectivity index (χ3v) is 7.82. The van der Waals surface area contributed by atoms with Gasteiger partial charge in [0.25, 0.3) is 10.0 Å². The van der Waals surface area contributed by atoms with Gasteiger partial charge in [-0.05, 0) is 18.9 Å². The van der Waals surface area contributed by atoms with Gasteiger partial charge < -0.3 is 5.11 Å². The second kappa shape index (κ2) is 6.62. The van der Waals surface area contributed by atoms with E-state index in [2.05, 4.69) is 9.71 Å². The summed E-state index contributed by atoms with van der Waals surface area (Å²) in [6.07, 6.45) is 0.991. The van der Waals surface area contributed by atoms with Crippen LogP contribution in [-0.2, 0) is 15.6 Å². The van der Waals surface area contributed by atoms with E-state index in [0.717, 1.165) is 22.7 Å². The van der Waals surface area contributed by atoms with E-state index < -0.39 is 15.6 Å². The maximum Gasteiger partial charge on any atom is 0.273 e. The monoisotopic (exact) mass is 400 g/mol. The van der Waals surface area contributed by atoms with Gasteiger partial charge in [-0.3, -0.25) is 4.72 Å². The summed E-state index contributed by atoms with van der Waals surface area (Å²) in [6.45, 7) is 3.70. The molecule has 0 radical (unpaired) electrons. The second-order valence-corrected chi connectivity index (χ2v) is 9.40. The van der Waals surface area contributed by atoms with E-state index in [1.165, 1.54) is 6.07 Å². The molecule has 2 rings (SSSR count). The molecule has 5 nitrogen and oxygen atoms in total. The lowest BCUT2D eigenvalue weighted by Gasteiger charge is -2.22. The highest BCUT2D eigenvalue weighted by atomic mass is 35.5. The van der Waals surface area contributed by atoms with E-state index in [0.29, 0.717) is 18.5 Å². The fourth-order valence-electron chi connectivity index (χ4n) is 1.77. The van der Waals surface area contributed by atoms with Crippen LogP contribution in [0.2, 0.25) is 9.36 Å². The van der Waals surface area contributed by atoms with Crippen molar-refractivity contribution >= 4 is 61.0 Å². The predicted octanol–water partition coefficient (Wildman–Crippen LogP) is 4.32. The second-order valence-electron chi connectivity index (χ2n) is 4.57. The first-order valence-electron chi connectivity index (χ1n) is 6.38. The Hall–Kier alpha value is -0.380. The zero-order chi connectivity index (χ0) is 16.5. The normalized spacial score (nSPS) is 12.6. The molecule has 122 valence electrons. The Morgan fingerprint density at radius 3 is 2.50 bits per heavy atom. The van der Waals surface area contributed by atoms with Crippen molar-refractivity contribution in [2.24, 2.45) is 0 Å². The highest BCUT2D eigenvalue weighted by Gasteiger charge is 2.29. The quantitative estimate of drug-likeness (QED) is 0.756. The molecule has 2 N–H and O–H groups in total. The number of sulfonamides is 1. The molecular weight excluding hydrogens is 387 g/mol. The summed E-state index contributed by atoms with van der Waals surface area (Å²) in [7, 11) is -3.79. The fourth-order valence-corrected chi connectivity index (χ4v) is 5.71. The summed E-state index contributed by atoms with van der Waals surface area (Å²) in [5.41, 5.74) is -0.585. The molecule has 0 amide bonds. The highest BCUT2D eigenvalue weighted by molar-refractivity contribution is 7.95. The lowest BCUT2D eigenvalue weighted by molar-refractivity contribution is 0.0247. The summed E-state index contributed by atoms with van der Waals surface area (Å²) in [5.74, 6) is 0. The predicted molar refractivity (Wildman–Crippen MR) is 91.7 cm³/mol. The number of hydrogen-bond donors (Lipinski definition) is 2. The number of nitrogens with zero attached hydrogens (tertiary/aromatic N) is 1. The van der Waals surface area contributed by atoms with Gasteiger partial charge in [0, 0.05) is 5.38 Å². The highest BCUT2D eigenvalue weighted by Crippen LogP contribution is 2.36. The minimum Gasteiger partial charge on any atom is -0.384 e. The largest absolute Gasteiger partial charge is 0.384 e. The number of thiophene rings is 1.